The molecular formula is C17H17ClFN3O4S. The summed E-state index contributed by atoms with van der Waals surface area (Å²) in [5, 5.41) is 14.6. The maximum Gasteiger partial charge on any atom is 0.310 e. The summed E-state index contributed by atoms with van der Waals surface area (Å²) < 4.78 is 37.4. The number of rotatable bonds is 5. The molecule has 0 aliphatic carbocycles. The van der Waals surface area contributed by atoms with Crippen molar-refractivity contribution in [2.24, 2.45) is 0 Å². The number of nitro groups is 1. The molecule has 0 aromatic heterocycles. The Balaban J connectivity index is 1.83. The molecule has 10 heteroatoms. The molecule has 1 aliphatic rings. The molecule has 0 saturated carbocycles. The van der Waals surface area contributed by atoms with Crippen molar-refractivity contribution in [1.29, 1.82) is 0 Å². The minimum atomic E-state index is -3.74. The van der Waals surface area contributed by atoms with Crippen molar-refractivity contribution in [3.8, 4) is 0 Å². The van der Waals surface area contributed by atoms with Crippen LogP contribution in [0.25, 0.3) is 0 Å². The molecular weight excluding hydrogens is 397 g/mol. The first-order valence-corrected chi connectivity index (χ1v) is 10.4. The van der Waals surface area contributed by atoms with Gasteiger partial charge in [-0.15, -0.1) is 0 Å². The summed E-state index contributed by atoms with van der Waals surface area (Å²) in [6, 6.07) is 8.54. The lowest BCUT2D eigenvalue weighted by molar-refractivity contribution is -0.386. The minimum Gasteiger partial charge on any atom is -0.375 e. The van der Waals surface area contributed by atoms with Gasteiger partial charge in [0.1, 0.15) is 16.4 Å². The number of halogens is 2. The third kappa shape index (κ3) is 4.14. The summed E-state index contributed by atoms with van der Waals surface area (Å²) in [4.78, 5) is 12.4. The van der Waals surface area contributed by atoms with Crippen LogP contribution < -0.4 is 10.2 Å². The van der Waals surface area contributed by atoms with Gasteiger partial charge in [0, 0.05) is 31.1 Å². The maximum atomic E-state index is 13.7. The number of hydrogen-bond acceptors (Lipinski definition) is 6. The van der Waals surface area contributed by atoms with Gasteiger partial charge in [0.15, 0.2) is 9.84 Å². The molecule has 1 atom stereocenters. The molecule has 0 amide bonds. The number of nitrogens with one attached hydrogen (secondary N) is 1. The molecule has 1 unspecified atom stereocenters. The van der Waals surface area contributed by atoms with E-state index < -0.39 is 26.3 Å². The fourth-order valence-corrected chi connectivity index (χ4v) is 4.12. The Labute approximate surface area is 160 Å². The third-order valence-electron chi connectivity index (χ3n) is 4.40. The number of sulfone groups is 1. The van der Waals surface area contributed by atoms with E-state index in [1.807, 2.05) is 4.90 Å². The van der Waals surface area contributed by atoms with E-state index in [2.05, 4.69) is 5.32 Å². The monoisotopic (exact) mass is 413 g/mol. The van der Waals surface area contributed by atoms with Crippen LogP contribution in [0.1, 0.15) is 6.42 Å². The van der Waals surface area contributed by atoms with Gasteiger partial charge in [-0.1, -0.05) is 17.7 Å². The Morgan fingerprint density at radius 1 is 1.33 bits per heavy atom. The zero-order chi connectivity index (χ0) is 19.8. The largest absolute Gasteiger partial charge is 0.375 e. The number of benzene rings is 2. The van der Waals surface area contributed by atoms with E-state index in [0.717, 1.165) is 6.26 Å². The normalized spacial score (nSPS) is 17.1. The highest BCUT2D eigenvalue weighted by molar-refractivity contribution is 7.90. The standard InChI is InChI=1S/C17H17ClFN3O4S/c1-27(25,26)16-4-2-3-15(17(16)22(23)24)20-11-7-8-21(10-11)12-5-6-13(18)14(19)9-12/h2-6,9,11,20H,7-8,10H2,1H3. The van der Waals surface area contributed by atoms with Crippen LogP contribution in [-0.2, 0) is 9.84 Å². The van der Waals surface area contributed by atoms with Gasteiger partial charge in [0.25, 0.3) is 0 Å². The van der Waals surface area contributed by atoms with Crippen molar-refractivity contribution in [2.45, 2.75) is 17.4 Å². The molecule has 7 nitrogen and oxygen atoms in total. The first kappa shape index (κ1) is 19.4. The molecule has 3 rings (SSSR count). The van der Waals surface area contributed by atoms with Gasteiger partial charge in [-0.25, -0.2) is 12.8 Å². The number of nitro benzene ring substituents is 1. The fraction of sp³-hybridized carbons (Fsp3) is 0.294. The molecule has 1 heterocycles. The van der Waals surface area contributed by atoms with E-state index in [4.69, 9.17) is 11.6 Å². The molecule has 1 saturated heterocycles. The van der Waals surface area contributed by atoms with Gasteiger partial charge < -0.3 is 10.2 Å². The van der Waals surface area contributed by atoms with Crippen LogP contribution in [0.15, 0.2) is 41.3 Å². The summed E-state index contributed by atoms with van der Waals surface area (Å²) >= 11 is 5.70. The van der Waals surface area contributed by atoms with Gasteiger partial charge in [-0.05, 0) is 36.8 Å². The summed E-state index contributed by atoms with van der Waals surface area (Å²) in [6.45, 7) is 1.11. The van der Waals surface area contributed by atoms with Crippen LogP contribution in [0.5, 0.6) is 0 Å². The number of hydrogen-bond donors (Lipinski definition) is 1. The second-order valence-electron chi connectivity index (χ2n) is 6.36. The Kier molecular flexibility index (Phi) is 5.25. The van der Waals surface area contributed by atoms with Crippen LogP contribution >= 0.6 is 11.6 Å². The Hall–Kier alpha value is -2.39. The van der Waals surface area contributed by atoms with Gasteiger partial charge in [-0.3, -0.25) is 10.1 Å². The van der Waals surface area contributed by atoms with Crippen molar-refractivity contribution in [2.75, 3.05) is 29.6 Å². The lowest BCUT2D eigenvalue weighted by Gasteiger charge is -2.20. The first-order valence-electron chi connectivity index (χ1n) is 8.11. The van der Waals surface area contributed by atoms with E-state index in [-0.39, 0.29) is 21.6 Å². The highest BCUT2D eigenvalue weighted by Crippen LogP contribution is 2.34. The molecule has 1 aliphatic heterocycles. The van der Waals surface area contributed by atoms with Crippen molar-refractivity contribution < 1.29 is 17.7 Å². The Morgan fingerprint density at radius 3 is 2.70 bits per heavy atom. The number of anilines is 2. The molecule has 2 aromatic rings. The van der Waals surface area contributed by atoms with Gasteiger partial charge in [0.2, 0.25) is 0 Å². The first-order chi connectivity index (χ1) is 12.7. The van der Waals surface area contributed by atoms with E-state index >= 15 is 0 Å². The summed E-state index contributed by atoms with van der Waals surface area (Å²) in [5.41, 5.74) is 0.355. The maximum absolute atomic E-state index is 13.7. The minimum absolute atomic E-state index is 0.0424. The molecule has 144 valence electrons. The van der Waals surface area contributed by atoms with Crippen molar-refractivity contribution >= 4 is 38.5 Å². The van der Waals surface area contributed by atoms with Crippen LogP contribution in [0.2, 0.25) is 5.02 Å². The molecule has 2 aromatic carbocycles. The highest BCUT2D eigenvalue weighted by atomic mass is 35.5. The van der Waals surface area contributed by atoms with Gasteiger partial charge in [0.05, 0.1) is 9.95 Å². The average Bonchev–Trinajstić information content (AvgIpc) is 3.04. The zero-order valence-corrected chi connectivity index (χ0v) is 15.9. The van der Waals surface area contributed by atoms with E-state index in [1.54, 1.807) is 6.07 Å². The second-order valence-corrected chi connectivity index (χ2v) is 8.75. The highest BCUT2D eigenvalue weighted by Gasteiger charge is 2.29. The number of nitrogens with zero attached hydrogens (tertiary/aromatic N) is 2. The lowest BCUT2D eigenvalue weighted by Crippen LogP contribution is -2.26. The van der Waals surface area contributed by atoms with Gasteiger partial charge in [-0.2, -0.15) is 0 Å². The molecule has 1 fully saturated rings. The average molecular weight is 414 g/mol. The fourth-order valence-electron chi connectivity index (χ4n) is 3.14. The van der Waals surface area contributed by atoms with Crippen molar-refractivity contribution in [3.05, 3.63) is 57.4 Å². The SMILES string of the molecule is CS(=O)(=O)c1cccc(NC2CCN(c3ccc(Cl)c(F)c3)C2)c1[N+](=O)[O-]. The van der Waals surface area contributed by atoms with Crippen LogP contribution in [-0.4, -0.2) is 38.7 Å². The molecule has 27 heavy (non-hydrogen) atoms. The number of para-hydroxylation sites is 1. The molecule has 0 radical (unpaired) electrons. The predicted molar refractivity (Wildman–Crippen MR) is 102 cm³/mol. The van der Waals surface area contributed by atoms with E-state index in [0.29, 0.717) is 25.2 Å². The van der Waals surface area contributed by atoms with Gasteiger partial charge >= 0.3 is 5.69 Å². The summed E-state index contributed by atoms with van der Waals surface area (Å²) in [7, 11) is -3.74. The third-order valence-corrected chi connectivity index (χ3v) is 5.83. The Morgan fingerprint density at radius 2 is 2.07 bits per heavy atom. The van der Waals surface area contributed by atoms with Crippen molar-refractivity contribution in [1.82, 2.24) is 0 Å². The molecule has 1 N–H and O–H groups in total. The quantitative estimate of drug-likeness (QED) is 0.596. The predicted octanol–water partition coefficient (Wildman–Crippen LogP) is 3.48. The smallest absolute Gasteiger partial charge is 0.310 e. The van der Waals surface area contributed by atoms with Crippen molar-refractivity contribution in [3.63, 3.8) is 0 Å². The lowest BCUT2D eigenvalue weighted by atomic mass is 10.2. The van der Waals surface area contributed by atoms with E-state index in [9.17, 15) is 22.9 Å². The zero-order valence-electron chi connectivity index (χ0n) is 14.4. The molecule has 0 spiro atoms. The molecule has 0 bridgehead atoms. The summed E-state index contributed by atoms with van der Waals surface area (Å²) in [5.74, 6) is -0.512. The van der Waals surface area contributed by atoms with E-state index in [1.165, 1.54) is 30.3 Å². The second kappa shape index (κ2) is 7.32. The Bertz CT molecular complexity index is 1000. The van der Waals surface area contributed by atoms with Crippen LogP contribution in [0.4, 0.5) is 21.5 Å². The van der Waals surface area contributed by atoms with Crippen LogP contribution in [0.3, 0.4) is 0 Å². The summed E-state index contributed by atoms with van der Waals surface area (Å²) in [6.07, 6.45) is 1.59. The van der Waals surface area contributed by atoms with Crippen LogP contribution in [0, 0.1) is 15.9 Å². The topological polar surface area (TPSA) is 92.6 Å².